The van der Waals surface area contributed by atoms with Gasteiger partial charge in [0.2, 0.25) is 0 Å². The van der Waals surface area contributed by atoms with Gasteiger partial charge in [-0.1, -0.05) is 13.3 Å². The summed E-state index contributed by atoms with van der Waals surface area (Å²) in [7, 11) is 0. The molecule has 0 aromatic rings. The number of ether oxygens (including phenoxy) is 2. The van der Waals surface area contributed by atoms with Crippen LogP contribution in [0.1, 0.15) is 32.6 Å². The van der Waals surface area contributed by atoms with Gasteiger partial charge in [-0.3, -0.25) is 0 Å². The topological polar surface area (TPSA) is 58.9 Å². The van der Waals surface area contributed by atoms with Gasteiger partial charge in [-0.15, -0.1) is 0 Å². The minimum Gasteiger partial charge on any atom is -0.396 e. The molecular weight excluding hydrogens is 208 g/mol. The minimum atomic E-state index is -0.573. The highest BCUT2D eigenvalue weighted by Gasteiger charge is 2.44. The van der Waals surface area contributed by atoms with E-state index in [0.29, 0.717) is 18.9 Å². The van der Waals surface area contributed by atoms with Gasteiger partial charge in [-0.2, -0.15) is 0 Å². The molecule has 1 spiro atoms. The largest absolute Gasteiger partial charge is 0.396 e. The second-order valence-electron chi connectivity index (χ2n) is 5.06. The Bertz CT molecular complexity index is 218. The molecule has 2 aliphatic rings. The molecule has 4 heteroatoms. The van der Waals surface area contributed by atoms with E-state index in [1.807, 2.05) is 0 Å². The van der Waals surface area contributed by atoms with Crippen LogP contribution in [0.4, 0.5) is 0 Å². The molecular formula is C12H22O4. The first-order valence-electron chi connectivity index (χ1n) is 6.26. The van der Waals surface area contributed by atoms with E-state index >= 15 is 0 Å². The standard InChI is InChI=1S/C12H22O4/c1-2-9-3-4-12(15-7-9)5-11(14)10(6-13)8-16-12/h9-11,13-14H,2-8H2,1H3/t9-,10+,11+,12+/m1/s1. The number of aliphatic hydroxyl groups is 2. The van der Waals surface area contributed by atoms with E-state index in [1.165, 1.54) is 0 Å². The highest BCUT2D eigenvalue weighted by molar-refractivity contribution is 4.87. The lowest BCUT2D eigenvalue weighted by Gasteiger charge is -2.45. The smallest absolute Gasteiger partial charge is 0.170 e. The van der Waals surface area contributed by atoms with Gasteiger partial charge >= 0.3 is 0 Å². The van der Waals surface area contributed by atoms with Gasteiger partial charge < -0.3 is 19.7 Å². The average Bonchev–Trinajstić information content (AvgIpc) is 2.30. The van der Waals surface area contributed by atoms with Crippen molar-refractivity contribution in [1.82, 2.24) is 0 Å². The zero-order chi connectivity index (χ0) is 11.6. The number of rotatable bonds is 2. The van der Waals surface area contributed by atoms with Crippen molar-refractivity contribution in [2.75, 3.05) is 19.8 Å². The quantitative estimate of drug-likeness (QED) is 0.740. The maximum atomic E-state index is 9.89. The summed E-state index contributed by atoms with van der Waals surface area (Å²) in [6, 6.07) is 0. The maximum Gasteiger partial charge on any atom is 0.170 e. The maximum absolute atomic E-state index is 9.89. The lowest BCUT2D eigenvalue weighted by Crippen LogP contribution is -2.51. The molecule has 16 heavy (non-hydrogen) atoms. The van der Waals surface area contributed by atoms with Crippen LogP contribution in [0.25, 0.3) is 0 Å². The van der Waals surface area contributed by atoms with Crippen molar-refractivity contribution in [3.05, 3.63) is 0 Å². The Labute approximate surface area is 96.6 Å². The van der Waals surface area contributed by atoms with Crippen LogP contribution in [-0.4, -0.2) is 41.9 Å². The van der Waals surface area contributed by atoms with Crippen LogP contribution in [0.5, 0.6) is 0 Å². The molecule has 4 nitrogen and oxygen atoms in total. The van der Waals surface area contributed by atoms with Crippen LogP contribution < -0.4 is 0 Å². The van der Waals surface area contributed by atoms with E-state index in [4.69, 9.17) is 14.6 Å². The van der Waals surface area contributed by atoms with E-state index in [0.717, 1.165) is 25.9 Å². The summed E-state index contributed by atoms with van der Waals surface area (Å²) in [5.41, 5.74) is 0. The van der Waals surface area contributed by atoms with Crippen molar-refractivity contribution in [3.8, 4) is 0 Å². The van der Waals surface area contributed by atoms with Crippen LogP contribution >= 0.6 is 0 Å². The zero-order valence-electron chi connectivity index (χ0n) is 9.89. The monoisotopic (exact) mass is 230 g/mol. The van der Waals surface area contributed by atoms with E-state index in [1.54, 1.807) is 0 Å². The molecule has 0 aromatic carbocycles. The second-order valence-corrected chi connectivity index (χ2v) is 5.06. The van der Waals surface area contributed by atoms with Gasteiger partial charge in [0.1, 0.15) is 0 Å². The van der Waals surface area contributed by atoms with Gasteiger partial charge in [-0.05, 0) is 12.3 Å². The number of hydrogen-bond acceptors (Lipinski definition) is 4. The SMILES string of the molecule is CC[C@@H]1CC[C@]2(C[C@H](O)[C@@H](CO)CO2)OC1. The third-order valence-corrected chi connectivity index (χ3v) is 3.95. The lowest BCUT2D eigenvalue weighted by molar-refractivity contribution is -0.307. The van der Waals surface area contributed by atoms with E-state index in [2.05, 4.69) is 6.92 Å². The third-order valence-electron chi connectivity index (χ3n) is 3.95. The Morgan fingerprint density at radius 1 is 1.31 bits per heavy atom. The minimum absolute atomic E-state index is 0.0190. The summed E-state index contributed by atoms with van der Waals surface area (Å²) >= 11 is 0. The summed E-state index contributed by atoms with van der Waals surface area (Å²) in [6.07, 6.45) is 3.09. The normalized spacial score (nSPS) is 44.8. The summed E-state index contributed by atoms with van der Waals surface area (Å²) < 4.78 is 11.5. The van der Waals surface area contributed by atoms with E-state index < -0.39 is 11.9 Å². The van der Waals surface area contributed by atoms with Crippen molar-refractivity contribution < 1.29 is 19.7 Å². The van der Waals surface area contributed by atoms with Crippen molar-refractivity contribution in [2.24, 2.45) is 11.8 Å². The third kappa shape index (κ3) is 2.40. The molecule has 4 atom stereocenters. The first kappa shape index (κ1) is 12.3. The van der Waals surface area contributed by atoms with Crippen LogP contribution in [0, 0.1) is 11.8 Å². The fourth-order valence-electron chi connectivity index (χ4n) is 2.53. The lowest BCUT2D eigenvalue weighted by atomic mass is 9.86. The van der Waals surface area contributed by atoms with Gasteiger partial charge in [0.05, 0.1) is 25.9 Å². The zero-order valence-corrected chi connectivity index (χ0v) is 9.89. The summed E-state index contributed by atoms with van der Waals surface area (Å²) in [6.45, 7) is 3.28. The van der Waals surface area contributed by atoms with Crippen molar-refractivity contribution in [2.45, 2.75) is 44.5 Å². The fourth-order valence-corrected chi connectivity index (χ4v) is 2.53. The second kappa shape index (κ2) is 5.00. The molecule has 0 aliphatic carbocycles. The van der Waals surface area contributed by atoms with Gasteiger partial charge in [0, 0.05) is 18.8 Å². The van der Waals surface area contributed by atoms with Gasteiger partial charge in [0.15, 0.2) is 5.79 Å². The highest BCUT2D eigenvalue weighted by Crippen LogP contribution is 2.38. The van der Waals surface area contributed by atoms with Crippen molar-refractivity contribution in [1.29, 1.82) is 0 Å². The molecule has 2 saturated heterocycles. The summed E-state index contributed by atoms with van der Waals surface area (Å²) in [4.78, 5) is 0. The van der Waals surface area contributed by atoms with Gasteiger partial charge in [-0.25, -0.2) is 0 Å². The van der Waals surface area contributed by atoms with Crippen LogP contribution in [0.3, 0.4) is 0 Å². The Kier molecular flexibility index (Phi) is 3.85. The Hall–Kier alpha value is -0.160. The predicted molar refractivity (Wildman–Crippen MR) is 58.8 cm³/mol. The first-order valence-corrected chi connectivity index (χ1v) is 6.26. The Balaban J connectivity index is 1.91. The van der Waals surface area contributed by atoms with Crippen molar-refractivity contribution in [3.63, 3.8) is 0 Å². The van der Waals surface area contributed by atoms with Crippen LogP contribution in [-0.2, 0) is 9.47 Å². The van der Waals surface area contributed by atoms with Crippen LogP contribution in [0.15, 0.2) is 0 Å². The molecule has 2 heterocycles. The molecule has 0 aromatic heterocycles. The van der Waals surface area contributed by atoms with E-state index in [9.17, 15) is 5.11 Å². The molecule has 0 saturated carbocycles. The predicted octanol–water partition coefficient (Wildman–Crippen LogP) is 0.909. The molecule has 2 N–H and O–H groups in total. The summed E-state index contributed by atoms with van der Waals surface area (Å²) in [5, 5.41) is 18.9. The molecule has 2 rings (SSSR count). The molecule has 94 valence electrons. The highest BCUT2D eigenvalue weighted by atomic mass is 16.7. The Morgan fingerprint density at radius 3 is 2.56 bits per heavy atom. The molecule has 0 radical (unpaired) electrons. The van der Waals surface area contributed by atoms with Crippen molar-refractivity contribution >= 4 is 0 Å². The average molecular weight is 230 g/mol. The Morgan fingerprint density at radius 2 is 2.06 bits per heavy atom. The molecule has 0 bridgehead atoms. The molecule has 0 unspecified atom stereocenters. The summed E-state index contributed by atoms with van der Waals surface area (Å²) in [5.74, 6) is -0.100. The molecule has 2 fully saturated rings. The number of hydrogen-bond donors (Lipinski definition) is 2. The number of aliphatic hydroxyl groups excluding tert-OH is 2. The molecule has 2 aliphatic heterocycles. The first-order chi connectivity index (χ1) is 7.69. The van der Waals surface area contributed by atoms with Gasteiger partial charge in [0.25, 0.3) is 0 Å². The van der Waals surface area contributed by atoms with Crippen LogP contribution in [0.2, 0.25) is 0 Å². The fraction of sp³-hybridized carbons (Fsp3) is 1.00. The van der Waals surface area contributed by atoms with E-state index in [-0.39, 0.29) is 12.5 Å². The molecule has 0 amide bonds.